The first-order valence-electron chi connectivity index (χ1n) is 9.93. The van der Waals surface area contributed by atoms with E-state index in [2.05, 4.69) is 0 Å². The van der Waals surface area contributed by atoms with Gasteiger partial charge in [0.15, 0.2) is 5.78 Å². The van der Waals surface area contributed by atoms with Crippen molar-refractivity contribution in [3.05, 3.63) is 59.2 Å². The molecule has 4 rings (SSSR count). The molecule has 2 aliphatic rings. The first-order chi connectivity index (χ1) is 14.0. The molecule has 29 heavy (non-hydrogen) atoms. The van der Waals surface area contributed by atoms with Gasteiger partial charge < -0.3 is 19.5 Å². The first kappa shape index (κ1) is 19.5. The van der Waals surface area contributed by atoms with Gasteiger partial charge in [-0.25, -0.2) is 0 Å². The third-order valence-electron chi connectivity index (χ3n) is 6.01. The average molecular weight is 395 g/mol. The molecule has 0 radical (unpaired) electrons. The maximum absolute atomic E-state index is 12.8. The summed E-state index contributed by atoms with van der Waals surface area (Å²) in [6, 6.07) is 12.6. The van der Waals surface area contributed by atoms with Gasteiger partial charge in [-0.2, -0.15) is 0 Å². The van der Waals surface area contributed by atoms with Crippen LogP contribution in [0.3, 0.4) is 0 Å². The quantitative estimate of drug-likeness (QED) is 0.806. The summed E-state index contributed by atoms with van der Waals surface area (Å²) in [5, 5.41) is 9.10. The van der Waals surface area contributed by atoms with Crippen LogP contribution in [0.1, 0.15) is 45.5 Å². The van der Waals surface area contributed by atoms with Crippen molar-refractivity contribution >= 4 is 11.7 Å². The standard InChI is InChI=1S/C23H25NO5/c1-28-19-6-4-17(5-7-19)22(27)24-12-10-23(11-13-24)9-8-16-2-3-18(20(26)15-25)14-21(16)29-23/h2-7,14,25H,8-13,15H2,1H3. The van der Waals surface area contributed by atoms with Gasteiger partial charge in [-0.05, 0) is 48.7 Å². The van der Waals surface area contributed by atoms with Gasteiger partial charge in [-0.3, -0.25) is 9.59 Å². The number of aliphatic hydroxyl groups excluding tert-OH is 1. The number of piperidine rings is 1. The van der Waals surface area contributed by atoms with Gasteiger partial charge >= 0.3 is 0 Å². The molecule has 152 valence electrons. The molecule has 2 aliphatic heterocycles. The van der Waals surface area contributed by atoms with Gasteiger partial charge in [0.25, 0.3) is 5.91 Å². The van der Waals surface area contributed by atoms with Crippen molar-refractivity contribution in [1.29, 1.82) is 0 Å². The monoisotopic (exact) mass is 395 g/mol. The fourth-order valence-corrected chi connectivity index (χ4v) is 4.15. The third kappa shape index (κ3) is 3.85. The second-order valence-corrected chi connectivity index (χ2v) is 7.71. The molecule has 0 aliphatic carbocycles. The van der Waals surface area contributed by atoms with Gasteiger partial charge in [-0.15, -0.1) is 0 Å². The number of Topliss-reactive ketones (excluding diaryl/α,β-unsaturated/α-hetero) is 1. The Labute approximate surface area is 170 Å². The molecular formula is C23H25NO5. The summed E-state index contributed by atoms with van der Waals surface area (Å²) in [6.45, 7) is 0.761. The van der Waals surface area contributed by atoms with E-state index in [0.717, 1.165) is 42.7 Å². The highest BCUT2D eigenvalue weighted by Crippen LogP contribution is 2.40. The van der Waals surface area contributed by atoms with Crippen molar-refractivity contribution in [3.63, 3.8) is 0 Å². The second-order valence-electron chi connectivity index (χ2n) is 7.71. The van der Waals surface area contributed by atoms with Crippen molar-refractivity contribution in [2.45, 2.75) is 31.3 Å². The average Bonchev–Trinajstić information content (AvgIpc) is 2.78. The van der Waals surface area contributed by atoms with Crippen LogP contribution in [0.25, 0.3) is 0 Å². The molecule has 1 amide bonds. The minimum Gasteiger partial charge on any atom is -0.497 e. The van der Waals surface area contributed by atoms with E-state index in [9.17, 15) is 9.59 Å². The van der Waals surface area contributed by atoms with Crippen LogP contribution in [0.2, 0.25) is 0 Å². The summed E-state index contributed by atoms with van der Waals surface area (Å²) in [7, 11) is 1.60. The zero-order valence-corrected chi connectivity index (χ0v) is 16.5. The smallest absolute Gasteiger partial charge is 0.253 e. The highest BCUT2D eigenvalue weighted by atomic mass is 16.5. The number of ketones is 1. The molecule has 2 heterocycles. The fraction of sp³-hybridized carbons (Fsp3) is 0.391. The number of carbonyl (C=O) groups excluding carboxylic acids is 2. The van der Waals surface area contributed by atoms with Gasteiger partial charge in [0.2, 0.25) is 0 Å². The molecule has 0 saturated carbocycles. The van der Waals surface area contributed by atoms with E-state index < -0.39 is 6.61 Å². The minimum atomic E-state index is -0.508. The Bertz CT molecular complexity index is 913. The van der Waals surface area contributed by atoms with E-state index in [1.54, 1.807) is 43.5 Å². The van der Waals surface area contributed by atoms with Crippen LogP contribution in [-0.2, 0) is 6.42 Å². The lowest BCUT2D eigenvalue weighted by molar-refractivity contribution is -0.0107. The number of ether oxygens (including phenoxy) is 2. The number of aryl methyl sites for hydroxylation is 1. The Kier molecular flexibility index (Phi) is 5.28. The summed E-state index contributed by atoms with van der Waals surface area (Å²) in [5.41, 5.74) is 1.91. The van der Waals surface area contributed by atoms with Crippen molar-refractivity contribution in [3.8, 4) is 11.5 Å². The molecule has 6 heteroatoms. The largest absolute Gasteiger partial charge is 0.497 e. The predicted octanol–water partition coefficient (Wildman–Crippen LogP) is 2.87. The molecular weight excluding hydrogens is 370 g/mol. The van der Waals surface area contributed by atoms with Crippen LogP contribution in [0.5, 0.6) is 11.5 Å². The summed E-state index contributed by atoms with van der Waals surface area (Å²) in [6.07, 6.45) is 3.30. The van der Waals surface area contributed by atoms with Crippen molar-refractivity contribution in [2.24, 2.45) is 0 Å². The Morgan fingerprint density at radius 1 is 1.07 bits per heavy atom. The van der Waals surface area contributed by atoms with E-state index in [0.29, 0.717) is 24.2 Å². The van der Waals surface area contributed by atoms with Gasteiger partial charge in [0.05, 0.1) is 7.11 Å². The van der Waals surface area contributed by atoms with Crippen LogP contribution in [0, 0.1) is 0 Å². The van der Waals surface area contributed by atoms with Gasteiger partial charge in [0.1, 0.15) is 23.7 Å². The Morgan fingerprint density at radius 3 is 2.41 bits per heavy atom. The Morgan fingerprint density at radius 2 is 1.76 bits per heavy atom. The van der Waals surface area contributed by atoms with Gasteiger partial charge in [0, 0.05) is 37.1 Å². The number of rotatable bonds is 4. The summed E-state index contributed by atoms with van der Waals surface area (Å²) in [4.78, 5) is 26.5. The lowest BCUT2D eigenvalue weighted by Gasteiger charge is -2.44. The highest BCUT2D eigenvalue weighted by molar-refractivity contribution is 5.97. The molecule has 2 aromatic carbocycles. The number of carbonyl (C=O) groups is 2. The predicted molar refractivity (Wildman–Crippen MR) is 108 cm³/mol. The number of amides is 1. The molecule has 1 fully saturated rings. The summed E-state index contributed by atoms with van der Waals surface area (Å²) < 4.78 is 11.5. The number of benzene rings is 2. The Balaban J connectivity index is 1.43. The second kappa shape index (κ2) is 7.87. The number of aliphatic hydroxyl groups is 1. The maximum atomic E-state index is 12.8. The van der Waals surface area contributed by atoms with Crippen LogP contribution < -0.4 is 9.47 Å². The van der Waals surface area contributed by atoms with Gasteiger partial charge in [-0.1, -0.05) is 12.1 Å². The summed E-state index contributed by atoms with van der Waals surface area (Å²) >= 11 is 0. The van der Waals surface area contributed by atoms with E-state index in [1.165, 1.54) is 0 Å². The normalized spacial score (nSPS) is 17.4. The van der Waals surface area contributed by atoms with E-state index in [4.69, 9.17) is 14.6 Å². The molecule has 2 aromatic rings. The molecule has 6 nitrogen and oxygen atoms in total. The molecule has 1 spiro atoms. The lowest BCUT2D eigenvalue weighted by Crippen LogP contribution is -2.51. The zero-order chi connectivity index (χ0) is 20.4. The van der Waals surface area contributed by atoms with Crippen LogP contribution in [0.4, 0.5) is 0 Å². The van der Waals surface area contributed by atoms with Crippen molar-refractivity contribution in [1.82, 2.24) is 4.90 Å². The summed E-state index contributed by atoms with van der Waals surface area (Å²) in [5.74, 6) is 1.17. The molecule has 1 saturated heterocycles. The van der Waals surface area contributed by atoms with Crippen LogP contribution >= 0.6 is 0 Å². The van der Waals surface area contributed by atoms with E-state index in [-0.39, 0.29) is 17.3 Å². The van der Waals surface area contributed by atoms with Crippen molar-refractivity contribution in [2.75, 3.05) is 26.8 Å². The lowest BCUT2D eigenvalue weighted by atomic mass is 9.82. The molecule has 1 N–H and O–H groups in total. The van der Waals surface area contributed by atoms with Crippen LogP contribution in [0.15, 0.2) is 42.5 Å². The van der Waals surface area contributed by atoms with E-state index >= 15 is 0 Å². The topological polar surface area (TPSA) is 76.1 Å². The zero-order valence-electron chi connectivity index (χ0n) is 16.5. The third-order valence-corrected chi connectivity index (χ3v) is 6.01. The van der Waals surface area contributed by atoms with Crippen LogP contribution in [-0.4, -0.2) is 54.1 Å². The molecule has 0 aromatic heterocycles. The van der Waals surface area contributed by atoms with E-state index in [1.807, 2.05) is 11.0 Å². The number of fused-ring (bicyclic) bond motifs is 1. The van der Waals surface area contributed by atoms with Crippen molar-refractivity contribution < 1.29 is 24.2 Å². The fourth-order valence-electron chi connectivity index (χ4n) is 4.15. The molecule has 0 bridgehead atoms. The number of hydrogen-bond acceptors (Lipinski definition) is 5. The minimum absolute atomic E-state index is 0.0227. The first-order valence-corrected chi connectivity index (χ1v) is 9.93. The maximum Gasteiger partial charge on any atom is 0.253 e. The number of likely N-dealkylation sites (tertiary alicyclic amines) is 1. The number of methoxy groups -OCH3 is 1. The molecule has 0 atom stereocenters. The highest BCUT2D eigenvalue weighted by Gasteiger charge is 2.40. The number of nitrogens with zero attached hydrogens (tertiary/aromatic N) is 1. The number of hydrogen-bond donors (Lipinski definition) is 1. The molecule has 0 unspecified atom stereocenters. The Hall–Kier alpha value is -2.86. The SMILES string of the molecule is COc1ccc(C(=O)N2CCC3(CCc4ccc(C(=O)CO)cc4O3)CC2)cc1.